The number of aromatic nitrogens is 1. The van der Waals surface area contributed by atoms with Gasteiger partial charge in [0.25, 0.3) is 0 Å². The maximum Gasteiger partial charge on any atom is 0.490 e. The number of carboxylic acids is 3. The van der Waals surface area contributed by atoms with Gasteiger partial charge >= 0.3 is 30.3 Å². The highest BCUT2D eigenvalue weighted by Gasteiger charge is 2.38. The first-order valence-corrected chi connectivity index (χ1v) is 11.5. The zero-order valence-electron chi connectivity index (χ0n) is 21.0. The Balaban J connectivity index is 0.000000522. The second kappa shape index (κ2) is 15.4. The van der Waals surface area contributed by atoms with Gasteiger partial charge in [0.2, 0.25) is 0 Å². The minimum atomic E-state index is -5.08. The number of guanidine groups is 1. The molecule has 11 nitrogen and oxygen atoms in total. The Kier molecular flexibility index (Phi) is 13.0. The van der Waals surface area contributed by atoms with Crippen molar-refractivity contribution in [2.75, 3.05) is 11.9 Å². The fourth-order valence-corrected chi connectivity index (χ4v) is 3.25. The third-order valence-corrected chi connectivity index (χ3v) is 4.96. The summed E-state index contributed by atoms with van der Waals surface area (Å²) in [6.45, 7) is 0.861. The van der Waals surface area contributed by atoms with Crippen molar-refractivity contribution < 1.29 is 56.0 Å². The first-order chi connectivity index (χ1) is 19.3. The van der Waals surface area contributed by atoms with Crippen molar-refractivity contribution in [2.45, 2.75) is 25.4 Å². The molecule has 0 unspecified atom stereocenters. The van der Waals surface area contributed by atoms with Gasteiger partial charge in [0, 0.05) is 30.1 Å². The lowest BCUT2D eigenvalue weighted by Gasteiger charge is -2.21. The van der Waals surface area contributed by atoms with Crippen LogP contribution in [0.1, 0.15) is 11.1 Å². The van der Waals surface area contributed by atoms with E-state index in [1.807, 2.05) is 53.4 Å². The van der Waals surface area contributed by atoms with Gasteiger partial charge in [0.15, 0.2) is 5.96 Å². The Morgan fingerprint density at radius 2 is 1.38 bits per heavy atom. The molecule has 42 heavy (non-hydrogen) atoms. The summed E-state index contributed by atoms with van der Waals surface area (Å²) in [6, 6.07) is 15.4. The van der Waals surface area contributed by atoms with Crippen molar-refractivity contribution >= 4 is 52.1 Å². The van der Waals surface area contributed by atoms with Gasteiger partial charge in [-0.1, -0.05) is 54.1 Å². The van der Waals surface area contributed by atoms with Crippen LogP contribution in [0, 0.1) is 5.41 Å². The van der Waals surface area contributed by atoms with E-state index in [0.29, 0.717) is 23.9 Å². The van der Waals surface area contributed by atoms with E-state index >= 15 is 0 Å². The lowest BCUT2D eigenvalue weighted by molar-refractivity contribution is -0.193. The standard InChI is InChI=1S/C20H20ClN5O2.2C2HF3O2/c21-17-9-24-19(25-20(22)23)16-8-14(6-7-15(16)17)11-26(12-18(27)28)10-13-4-2-1-3-5-13;2*3-2(4,5)1(6)7/h1-9H,10-12H2,(H,27,28)(H4,22,23,24,25);2*(H,6,7). The lowest BCUT2D eigenvalue weighted by atomic mass is 10.1. The summed E-state index contributed by atoms with van der Waals surface area (Å²) in [5.41, 5.74) is 7.38. The van der Waals surface area contributed by atoms with Crippen molar-refractivity contribution in [1.29, 1.82) is 5.41 Å². The number of aliphatic carboxylic acids is 3. The molecule has 0 atom stereocenters. The Bertz CT molecular complexity index is 1380. The number of hydrogen-bond donors (Lipinski definition) is 6. The van der Waals surface area contributed by atoms with Crippen molar-refractivity contribution in [3.05, 3.63) is 70.9 Å². The fourth-order valence-electron chi connectivity index (χ4n) is 3.04. The average molecular weight is 626 g/mol. The van der Waals surface area contributed by atoms with Crippen LogP contribution in [0.25, 0.3) is 10.8 Å². The monoisotopic (exact) mass is 625 g/mol. The van der Waals surface area contributed by atoms with Crippen LogP contribution in [0.2, 0.25) is 5.02 Å². The second-order valence-electron chi connectivity index (χ2n) is 8.00. The fraction of sp³-hybridized carbons (Fsp3) is 0.208. The SMILES string of the molecule is N=C(N)Nc1ncc(Cl)c2ccc(CN(CC(=O)O)Cc3ccccc3)cc12.O=C(O)C(F)(F)F.O=C(O)C(F)(F)F. The smallest absolute Gasteiger partial charge is 0.480 e. The number of halogens is 7. The van der Waals surface area contributed by atoms with Crippen LogP contribution in [-0.2, 0) is 27.5 Å². The van der Waals surface area contributed by atoms with Gasteiger partial charge in [-0.3, -0.25) is 15.1 Å². The van der Waals surface area contributed by atoms with E-state index in [-0.39, 0.29) is 12.5 Å². The van der Waals surface area contributed by atoms with E-state index < -0.39 is 30.3 Å². The van der Waals surface area contributed by atoms with Crippen molar-refractivity contribution in [3.63, 3.8) is 0 Å². The molecule has 0 fully saturated rings. The van der Waals surface area contributed by atoms with E-state index in [1.165, 1.54) is 6.20 Å². The van der Waals surface area contributed by atoms with Crippen LogP contribution in [-0.4, -0.2) is 68.0 Å². The van der Waals surface area contributed by atoms with Crippen LogP contribution >= 0.6 is 11.6 Å². The molecule has 1 aromatic heterocycles. The zero-order chi connectivity index (χ0) is 32.3. The van der Waals surface area contributed by atoms with Gasteiger partial charge in [-0.15, -0.1) is 0 Å². The van der Waals surface area contributed by atoms with Gasteiger partial charge in [-0.05, 0) is 17.2 Å². The van der Waals surface area contributed by atoms with Crippen LogP contribution in [0.3, 0.4) is 0 Å². The molecule has 228 valence electrons. The number of hydrogen-bond acceptors (Lipinski definition) is 6. The molecular formula is C24H22ClF6N5O6. The molecule has 0 bridgehead atoms. The summed E-state index contributed by atoms with van der Waals surface area (Å²) in [5.74, 6) is -6.19. The number of anilines is 1. The topological polar surface area (TPSA) is 190 Å². The van der Waals surface area contributed by atoms with Crippen LogP contribution < -0.4 is 11.1 Å². The molecule has 0 amide bonds. The number of benzene rings is 2. The number of pyridine rings is 1. The van der Waals surface area contributed by atoms with Crippen molar-refractivity contribution in [1.82, 2.24) is 9.88 Å². The molecule has 0 saturated heterocycles. The molecule has 0 aliphatic carbocycles. The van der Waals surface area contributed by atoms with E-state index in [9.17, 15) is 36.2 Å². The molecule has 2 aromatic carbocycles. The summed E-state index contributed by atoms with van der Waals surface area (Å²) >= 11 is 6.24. The van der Waals surface area contributed by atoms with Crippen LogP contribution in [0.4, 0.5) is 32.2 Å². The van der Waals surface area contributed by atoms with E-state index in [4.69, 9.17) is 42.5 Å². The number of alkyl halides is 6. The quantitative estimate of drug-likeness (QED) is 0.123. The first kappa shape index (κ1) is 35.4. The molecule has 7 N–H and O–H groups in total. The number of carbonyl (C=O) groups is 3. The molecule has 0 radical (unpaired) electrons. The highest BCUT2D eigenvalue weighted by atomic mass is 35.5. The molecule has 1 heterocycles. The lowest BCUT2D eigenvalue weighted by Crippen LogP contribution is -2.29. The number of fused-ring (bicyclic) bond motifs is 1. The summed E-state index contributed by atoms with van der Waals surface area (Å²) in [6.07, 6.45) is -8.67. The van der Waals surface area contributed by atoms with E-state index in [1.54, 1.807) is 0 Å². The average Bonchev–Trinajstić information content (AvgIpc) is 2.85. The predicted molar refractivity (Wildman–Crippen MR) is 138 cm³/mol. The summed E-state index contributed by atoms with van der Waals surface area (Å²) in [7, 11) is 0. The van der Waals surface area contributed by atoms with E-state index in [2.05, 4.69) is 10.3 Å². The number of nitrogens with two attached hydrogens (primary N) is 1. The van der Waals surface area contributed by atoms with Gasteiger partial charge in [-0.25, -0.2) is 14.6 Å². The second-order valence-corrected chi connectivity index (χ2v) is 8.41. The Morgan fingerprint density at radius 1 is 0.881 bits per heavy atom. The van der Waals surface area contributed by atoms with Gasteiger partial charge < -0.3 is 26.4 Å². The maximum absolute atomic E-state index is 11.3. The Labute approximate surface area is 237 Å². The largest absolute Gasteiger partial charge is 0.490 e. The summed E-state index contributed by atoms with van der Waals surface area (Å²) in [5, 5.41) is 35.7. The third-order valence-electron chi connectivity index (χ3n) is 4.66. The molecule has 0 aliphatic rings. The summed E-state index contributed by atoms with van der Waals surface area (Å²) < 4.78 is 63.5. The van der Waals surface area contributed by atoms with Crippen molar-refractivity contribution in [2.24, 2.45) is 5.73 Å². The number of carboxylic acid groups (broad SMARTS) is 3. The van der Waals surface area contributed by atoms with E-state index in [0.717, 1.165) is 21.9 Å². The molecular weight excluding hydrogens is 604 g/mol. The minimum Gasteiger partial charge on any atom is -0.480 e. The van der Waals surface area contributed by atoms with Crippen LogP contribution in [0.5, 0.6) is 0 Å². The third kappa shape index (κ3) is 12.7. The first-order valence-electron chi connectivity index (χ1n) is 11.1. The zero-order valence-corrected chi connectivity index (χ0v) is 21.8. The normalized spacial score (nSPS) is 11.0. The van der Waals surface area contributed by atoms with Gasteiger partial charge in [0.05, 0.1) is 11.6 Å². The number of nitrogens with one attached hydrogen (secondary N) is 2. The van der Waals surface area contributed by atoms with Crippen LogP contribution in [0.15, 0.2) is 54.7 Å². The maximum atomic E-state index is 11.3. The van der Waals surface area contributed by atoms with Gasteiger partial charge in [0.1, 0.15) is 5.82 Å². The Morgan fingerprint density at radius 3 is 1.83 bits per heavy atom. The predicted octanol–water partition coefficient (Wildman–Crippen LogP) is 4.55. The molecule has 0 aliphatic heterocycles. The molecule has 0 spiro atoms. The number of rotatable bonds is 7. The minimum absolute atomic E-state index is 0.0840. The Hall–Kier alpha value is -4.64. The highest BCUT2D eigenvalue weighted by Crippen LogP contribution is 2.29. The number of nitrogens with zero attached hydrogens (tertiary/aromatic N) is 2. The molecule has 3 aromatic rings. The highest BCUT2D eigenvalue weighted by molar-refractivity contribution is 6.35. The van der Waals surface area contributed by atoms with Gasteiger partial charge in [-0.2, -0.15) is 26.3 Å². The molecule has 18 heteroatoms. The van der Waals surface area contributed by atoms with Crippen molar-refractivity contribution in [3.8, 4) is 0 Å². The summed E-state index contributed by atoms with van der Waals surface area (Å²) in [4.78, 5) is 35.2. The molecule has 3 rings (SSSR count). The molecule has 0 saturated carbocycles.